The molecule has 7 heteroatoms. The number of nitrogens with one attached hydrogen (secondary N) is 1. The normalized spacial score (nSPS) is 12.0. The molecule has 0 fully saturated rings. The number of nitrogens with zero attached hydrogens (tertiary/aromatic N) is 2. The van der Waals surface area contributed by atoms with Crippen LogP contribution in [0, 0.1) is 5.82 Å². The minimum Gasteiger partial charge on any atom is -0.489 e. The second kappa shape index (κ2) is 8.14. The number of benzene rings is 1. The third-order valence-corrected chi connectivity index (χ3v) is 4.90. The molecule has 1 unspecified atom stereocenters. The van der Waals surface area contributed by atoms with Gasteiger partial charge in [-0.25, -0.2) is 4.39 Å². The second-order valence-electron chi connectivity index (χ2n) is 5.83. The molecular weight excluding hydrogens is 353 g/mol. The fourth-order valence-electron chi connectivity index (χ4n) is 2.61. The maximum Gasteiger partial charge on any atom is 0.261 e. The van der Waals surface area contributed by atoms with E-state index in [0.29, 0.717) is 10.6 Å². The molecule has 0 spiro atoms. The molecule has 0 bridgehead atoms. The number of rotatable bonds is 7. The molecule has 0 saturated heterocycles. The van der Waals surface area contributed by atoms with Crippen LogP contribution in [-0.2, 0) is 13.2 Å². The minimum absolute atomic E-state index is 0.136. The van der Waals surface area contributed by atoms with Crippen molar-refractivity contribution in [3.05, 3.63) is 69.9 Å². The number of amides is 1. The SMILES string of the molecule is CCn1nccc1C(C)NC(=O)c1cc(COc2cccc(F)c2)cs1. The van der Waals surface area contributed by atoms with Gasteiger partial charge >= 0.3 is 0 Å². The zero-order chi connectivity index (χ0) is 18.5. The molecule has 2 heterocycles. The quantitative estimate of drug-likeness (QED) is 0.676. The summed E-state index contributed by atoms with van der Waals surface area (Å²) in [5.74, 6) is -0.0137. The van der Waals surface area contributed by atoms with Crippen LogP contribution in [0.3, 0.4) is 0 Å². The highest BCUT2D eigenvalue weighted by atomic mass is 32.1. The van der Waals surface area contributed by atoms with E-state index in [1.807, 2.05) is 30.0 Å². The highest BCUT2D eigenvalue weighted by Gasteiger charge is 2.16. The summed E-state index contributed by atoms with van der Waals surface area (Å²) in [6, 6.07) is 9.55. The summed E-state index contributed by atoms with van der Waals surface area (Å²) in [7, 11) is 0. The van der Waals surface area contributed by atoms with Crippen LogP contribution in [0.4, 0.5) is 4.39 Å². The molecule has 1 atom stereocenters. The number of hydrogen-bond acceptors (Lipinski definition) is 4. The van der Waals surface area contributed by atoms with E-state index in [1.165, 1.54) is 23.5 Å². The van der Waals surface area contributed by atoms with Crippen LogP contribution in [0.5, 0.6) is 5.75 Å². The minimum atomic E-state index is -0.340. The van der Waals surface area contributed by atoms with Crippen molar-refractivity contribution >= 4 is 17.2 Å². The monoisotopic (exact) mass is 373 g/mol. The van der Waals surface area contributed by atoms with Gasteiger partial charge in [-0.15, -0.1) is 11.3 Å². The lowest BCUT2D eigenvalue weighted by atomic mass is 10.2. The maximum absolute atomic E-state index is 13.2. The van der Waals surface area contributed by atoms with E-state index in [9.17, 15) is 9.18 Å². The standard InChI is InChI=1S/C19H20FN3O2S/c1-3-23-17(7-8-21-23)13(2)22-19(24)18-9-14(12-26-18)11-25-16-6-4-5-15(20)10-16/h4-10,12-13H,3,11H2,1-2H3,(H,22,24). The van der Waals surface area contributed by atoms with E-state index >= 15 is 0 Å². The zero-order valence-electron chi connectivity index (χ0n) is 14.6. The number of aryl methyl sites for hydroxylation is 1. The largest absolute Gasteiger partial charge is 0.489 e. The molecule has 5 nitrogen and oxygen atoms in total. The van der Waals surface area contributed by atoms with Crippen molar-refractivity contribution in [2.45, 2.75) is 33.0 Å². The first-order valence-corrected chi connectivity index (χ1v) is 9.23. The second-order valence-corrected chi connectivity index (χ2v) is 6.74. The van der Waals surface area contributed by atoms with Crippen LogP contribution in [0.15, 0.2) is 48.0 Å². The molecule has 2 aromatic heterocycles. The Morgan fingerprint density at radius 2 is 2.23 bits per heavy atom. The van der Waals surface area contributed by atoms with Gasteiger partial charge in [-0.05, 0) is 43.5 Å². The van der Waals surface area contributed by atoms with Crippen molar-refractivity contribution in [3.8, 4) is 5.75 Å². The molecule has 136 valence electrons. The Kier molecular flexibility index (Phi) is 5.68. The smallest absolute Gasteiger partial charge is 0.261 e. The summed E-state index contributed by atoms with van der Waals surface area (Å²) in [6.45, 7) is 4.98. The topological polar surface area (TPSA) is 56.2 Å². The van der Waals surface area contributed by atoms with Crippen molar-refractivity contribution in [1.82, 2.24) is 15.1 Å². The van der Waals surface area contributed by atoms with Crippen LogP contribution in [-0.4, -0.2) is 15.7 Å². The van der Waals surface area contributed by atoms with E-state index in [1.54, 1.807) is 24.4 Å². The average Bonchev–Trinajstić information content (AvgIpc) is 3.29. The summed E-state index contributed by atoms with van der Waals surface area (Å²) in [6.07, 6.45) is 1.73. The fourth-order valence-corrected chi connectivity index (χ4v) is 3.41. The number of carbonyl (C=O) groups excluding carboxylic acids is 1. The lowest BCUT2D eigenvalue weighted by molar-refractivity contribution is 0.0942. The molecule has 3 aromatic rings. The van der Waals surface area contributed by atoms with E-state index < -0.39 is 0 Å². The van der Waals surface area contributed by atoms with Gasteiger partial charge in [0.15, 0.2) is 0 Å². The van der Waals surface area contributed by atoms with Crippen LogP contribution in [0.2, 0.25) is 0 Å². The Hall–Kier alpha value is -2.67. The van der Waals surface area contributed by atoms with Gasteiger partial charge in [-0.3, -0.25) is 9.48 Å². The molecule has 0 radical (unpaired) electrons. The first-order chi connectivity index (χ1) is 12.6. The molecule has 1 N–H and O–H groups in total. The number of ether oxygens (including phenoxy) is 1. The van der Waals surface area contributed by atoms with Crippen molar-refractivity contribution in [3.63, 3.8) is 0 Å². The van der Waals surface area contributed by atoms with E-state index in [2.05, 4.69) is 10.4 Å². The van der Waals surface area contributed by atoms with Crippen molar-refractivity contribution in [1.29, 1.82) is 0 Å². The van der Waals surface area contributed by atoms with E-state index in [-0.39, 0.29) is 24.4 Å². The van der Waals surface area contributed by atoms with Gasteiger partial charge in [0.1, 0.15) is 18.2 Å². The van der Waals surface area contributed by atoms with Gasteiger partial charge in [0.25, 0.3) is 5.91 Å². The Bertz CT molecular complexity index is 890. The van der Waals surface area contributed by atoms with Crippen LogP contribution in [0.25, 0.3) is 0 Å². The van der Waals surface area contributed by atoms with Gasteiger partial charge in [0.05, 0.1) is 16.6 Å². The third kappa shape index (κ3) is 4.29. The highest BCUT2D eigenvalue weighted by molar-refractivity contribution is 7.12. The number of carbonyl (C=O) groups is 1. The Balaban J connectivity index is 1.59. The summed E-state index contributed by atoms with van der Waals surface area (Å²) in [5.41, 5.74) is 1.84. The highest BCUT2D eigenvalue weighted by Crippen LogP contribution is 2.20. The summed E-state index contributed by atoms with van der Waals surface area (Å²) >= 11 is 1.36. The van der Waals surface area contributed by atoms with E-state index in [4.69, 9.17) is 4.74 Å². The fraction of sp³-hybridized carbons (Fsp3) is 0.263. The number of thiophene rings is 1. The molecule has 1 amide bonds. The Morgan fingerprint density at radius 1 is 1.38 bits per heavy atom. The molecule has 3 rings (SSSR count). The third-order valence-electron chi connectivity index (χ3n) is 3.92. The molecule has 0 saturated carbocycles. The van der Waals surface area contributed by atoms with Crippen LogP contribution < -0.4 is 10.1 Å². The van der Waals surface area contributed by atoms with Crippen LogP contribution in [0.1, 0.15) is 40.8 Å². The molecule has 0 aliphatic rings. The zero-order valence-corrected chi connectivity index (χ0v) is 15.4. The lowest BCUT2D eigenvalue weighted by Gasteiger charge is -2.14. The molecule has 26 heavy (non-hydrogen) atoms. The van der Waals surface area contributed by atoms with Gasteiger partial charge in [0, 0.05) is 24.4 Å². The number of hydrogen-bond donors (Lipinski definition) is 1. The first kappa shape index (κ1) is 18.1. The summed E-state index contributed by atoms with van der Waals surface area (Å²) in [4.78, 5) is 13.1. The number of aromatic nitrogens is 2. The van der Waals surface area contributed by atoms with Crippen LogP contribution >= 0.6 is 11.3 Å². The van der Waals surface area contributed by atoms with Gasteiger partial charge in [-0.1, -0.05) is 6.07 Å². The van der Waals surface area contributed by atoms with Crippen molar-refractivity contribution in [2.24, 2.45) is 0 Å². The van der Waals surface area contributed by atoms with Crippen molar-refractivity contribution in [2.75, 3.05) is 0 Å². The molecular formula is C19H20FN3O2S. The molecule has 1 aromatic carbocycles. The van der Waals surface area contributed by atoms with Crippen molar-refractivity contribution < 1.29 is 13.9 Å². The first-order valence-electron chi connectivity index (χ1n) is 8.35. The maximum atomic E-state index is 13.2. The number of halogens is 1. The van der Waals surface area contributed by atoms with Gasteiger partial charge in [0.2, 0.25) is 0 Å². The predicted molar refractivity (Wildman–Crippen MR) is 98.8 cm³/mol. The van der Waals surface area contributed by atoms with E-state index in [0.717, 1.165) is 17.8 Å². The van der Waals surface area contributed by atoms with Gasteiger partial charge < -0.3 is 10.1 Å². The molecule has 0 aliphatic carbocycles. The molecule has 0 aliphatic heterocycles. The summed E-state index contributed by atoms with van der Waals surface area (Å²) < 4.78 is 20.6. The lowest BCUT2D eigenvalue weighted by Crippen LogP contribution is -2.27. The predicted octanol–water partition coefficient (Wildman–Crippen LogP) is 4.17. The summed E-state index contributed by atoms with van der Waals surface area (Å²) in [5, 5.41) is 9.08. The Labute approximate surface area is 155 Å². The van der Waals surface area contributed by atoms with Gasteiger partial charge in [-0.2, -0.15) is 5.10 Å². The average molecular weight is 373 g/mol. The Morgan fingerprint density at radius 3 is 3.00 bits per heavy atom.